The number of rotatable bonds is 6. The van der Waals surface area contributed by atoms with Gasteiger partial charge in [-0.2, -0.15) is 0 Å². The number of carbonyl (C=O) groups is 2. The van der Waals surface area contributed by atoms with Gasteiger partial charge in [-0.25, -0.2) is 4.98 Å². The van der Waals surface area contributed by atoms with Gasteiger partial charge >= 0.3 is 5.97 Å². The minimum absolute atomic E-state index is 0.0606. The van der Waals surface area contributed by atoms with Crippen molar-refractivity contribution in [3.05, 3.63) is 55.4 Å². The summed E-state index contributed by atoms with van der Waals surface area (Å²) in [5.74, 6) is -1.13. The molecule has 0 fully saturated rings. The number of esters is 1. The van der Waals surface area contributed by atoms with Gasteiger partial charge in [0.1, 0.15) is 4.83 Å². The zero-order chi connectivity index (χ0) is 22.8. The Kier molecular flexibility index (Phi) is 6.83. The third-order valence-electron chi connectivity index (χ3n) is 5.36. The maximum absolute atomic E-state index is 13.0. The van der Waals surface area contributed by atoms with Crippen molar-refractivity contribution in [2.75, 3.05) is 5.32 Å². The van der Waals surface area contributed by atoms with E-state index in [2.05, 4.69) is 10.3 Å². The number of thiophene rings is 1. The predicted molar refractivity (Wildman–Crippen MR) is 126 cm³/mol. The lowest BCUT2D eigenvalue weighted by Gasteiger charge is -2.15. The van der Waals surface area contributed by atoms with Gasteiger partial charge in [0.05, 0.1) is 28.8 Å². The molecule has 0 saturated carbocycles. The van der Waals surface area contributed by atoms with E-state index >= 15 is 0 Å². The summed E-state index contributed by atoms with van der Waals surface area (Å²) in [5, 5.41) is 3.99. The first kappa shape index (κ1) is 22.8. The molecule has 168 valence electrons. The van der Waals surface area contributed by atoms with E-state index in [4.69, 9.17) is 27.9 Å². The van der Waals surface area contributed by atoms with Crippen LogP contribution in [0, 0.1) is 0 Å². The molecular formula is C22H21Cl2N3O4S. The van der Waals surface area contributed by atoms with Crippen LogP contribution < -0.4 is 10.9 Å². The molecule has 0 radical (unpaired) electrons. The number of aryl methyl sites for hydroxylation is 3. The summed E-state index contributed by atoms with van der Waals surface area (Å²) in [4.78, 5) is 44.0. The third-order valence-corrected chi connectivity index (χ3v) is 7.13. The summed E-state index contributed by atoms with van der Waals surface area (Å²) in [7, 11) is 0. The molecule has 1 aromatic carbocycles. The summed E-state index contributed by atoms with van der Waals surface area (Å²) in [6, 6.07) is 4.67. The maximum atomic E-state index is 13.0. The lowest BCUT2D eigenvalue weighted by Crippen LogP contribution is -2.31. The van der Waals surface area contributed by atoms with Crippen LogP contribution in [0.4, 0.5) is 5.69 Å². The standard InChI is InChI=1S/C22H21Cl2N3O4S/c1-12(20(29)26-16-10-13(23)6-7-15(16)24)31-18(28)8-9-27-11-25-21-19(22(27)30)14-4-2-3-5-17(14)32-21/h6-7,10-12H,2-5,8-9H2,1H3,(H,26,29). The monoisotopic (exact) mass is 493 g/mol. The molecule has 7 nitrogen and oxygen atoms in total. The fourth-order valence-corrected chi connectivity index (χ4v) is 5.25. The van der Waals surface area contributed by atoms with E-state index < -0.39 is 18.0 Å². The summed E-state index contributed by atoms with van der Waals surface area (Å²) in [6.07, 6.45) is 4.45. The van der Waals surface area contributed by atoms with Crippen molar-refractivity contribution in [2.24, 2.45) is 0 Å². The number of carbonyl (C=O) groups excluding carboxylic acids is 2. The summed E-state index contributed by atoms with van der Waals surface area (Å²) >= 11 is 13.5. The normalized spacial score (nSPS) is 14.1. The van der Waals surface area contributed by atoms with Gasteiger partial charge in [0.15, 0.2) is 6.10 Å². The molecule has 1 unspecified atom stereocenters. The zero-order valence-corrected chi connectivity index (χ0v) is 19.6. The Morgan fingerprint density at radius 1 is 1.28 bits per heavy atom. The van der Waals surface area contributed by atoms with Gasteiger partial charge in [-0.1, -0.05) is 23.2 Å². The highest BCUT2D eigenvalue weighted by molar-refractivity contribution is 7.18. The quantitative estimate of drug-likeness (QED) is 0.506. The van der Waals surface area contributed by atoms with E-state index in [-0.39, 0.29) is 18.5 Å². The minimum atomic E-state index is -1.04. The van der Waals surface area contributed by atoms with Gasteiger partial charge in [0, 0.05) is 16.4 Å². The molecule has 1 aliphatic carbocycles. The van der Waals surface area contributed by atoms with Crippen LogP contribution in [0.25, 0.3) is 10.2 Å². The number of ether oxygens (including phenoxy) is 1. The molecule has 10 heteroatoms. The number of aromatic nitrogens is 2. The topological polar surface area (TPSA) is 90.3 Å². The average Bonchev–Trinajstić information content (AvgIpc) is 3.15. The number of nitrogens with zero attached hydrogens (tertiary/aromatic N) is 2. The molecule has 32 heavy (non-hydrogen) atoms. The SMILES string of the molecule is CC(OC(=O)CCn1cnc2sc3c(c2c1=O)CCCC3)C(=O)Nc1cc(Cl)ccc1Cl. The van der Waals surface area contributed by atoms with Crippen LogP contribution in [0.5, 0.6) is 0 Å². The van der Waals surface area contributed by atoms with Crippen molar-refractivity contribution >= 4 is 62.3 Å². The van der Waals surface area contributed by atoms with Crippen LogP contribution in [0.15, 0.2) is 29.3 Å². The van der Waals surface area contributed by atoms with Crippen LogP contribution in [0.2, 0.25) is 10.0 Å². The van der Waals surface area contributed by atoms with E-state index in [1.807, 2.05) is 0 Å². The van der Waals surface area contributed by atoms with Crippen molar-refractivity contribution < 1.29 is 14.3 Å². The molecule has 2 aromatic heterocycles. The highest BCUT2D eigenvalue weighted by Gasteiger charge is 2.21. The molecule has 1 atom stereocenters. The number of nitrogens with one attached hydrogen (secondary N) is 1. The van der Waals surface area contributed by atoms with Crippen molar-refractivity contribution in [1.29, 1.82) is 0 Å². The number of hydrogen-bond acceptors (Lipinski definition) is 6. The first-order valence-corrected chi connectivity index (χ1v) is 11.9. The first-order chi connectivity index (χ1) is 15.3. The number of benzene rings is 1. The lowest BCUT2D eigenvalue weighted by molar-refractivity contribution is -0.153. The van der Waals surface area contributed by atoms with E-state index in [9.17, 15) is 14.4 Å². The Morgan fingerprint density at radius 3 is 2.88 bits per heavy atom. The van der Waals surface area contributed by atoms with Crippen molar-refractivity contribution in [3.8, 4) is 0 Å². The van der Waals surface area contributed by atoms with E-state index in [0.29, 0.717) is 21.1 Å². The second kappa shape index (κ2) is 9.60. The van der Waals surface area contributed by atoms with Crippen molar-refractivity contribution in [1.82, 2.24) is 9.55 Å². The van der Waals surface area contributed by atoms with E-state index in [0.717, 1.165) is 36.1 Å². The van der Waals surface area contributed by atoms with E-state index in [1.54, 1.807) is 23.5 Å². The minimum Gasteiger partial charge on any atom is -0.452 e. The van der Waals surface area contributed by atoms with Gasteiger partial charge in [0.2, 0.25) is 0 Å². The summed E-state index contributed by atoms with van der Waals surface area (Å²) < 4.78 is 6.65. The largest absolute Gasteiger partial charge is 0.452 e. The Hall–Kier alpha value is -2.42. The molecule has 1 aliphatic rings. The van der Waals surface area contributed by atoms with Gasteiger partial charge in [-0.15, -0.1) is 11.3 Å². The fourth-order valence-electron chi connectivity index (χ4n) is 3.69. The molecule has 0 bridgehead atoms. The van der Waals surface area contributed by atoms with Crippen molar-refractivity contribution in [2.45, 2.75) is 51.7 Å². The van der Waals surface area contributed by atoms with Gasteiger partial charge in [-0.3, -0.25) is 19.0 Å². The Labute approximate surface area is 198 Å². The van der Waals surface area contributed by atoms with Crippen LogP contribution in [0.1, 0.15) is 36.6 Å². The Morgan fingerprint density at radius 2 is 2.06 bits per heavy atom. The lowest BCUT2D eigenvalue weighted by atomic mass is 9.97. The van der Waals surface area contributed by atoms with Crippen LogP contribution in [-0.2, 0) is 33.7 Å². The maximum Gasteiger partial charge on any atom is 0.308 e. The number of amides is 1. The van der Waals surface area contributed by atoms with E-state index in [1.165, 1.54) is 28.8 Å². The molecule has 0 saturated heterocycles. The highest BCUT2D eigenvalue weighted by atomic mass is 35.5. The van der Waals surface area contributed by atoms with Crippen LogP contribution in [-0.4, -0.2) is 27.5 Å². The average molecular weight is 494 g/mol. The second-order valence-corrected chi connectivity index (χ2v) is 9.56. The molecule has 1 N–H and O–H groups in total. The van der Waals surface area contributed by atoms with Crippen LogP contribution >= 0.6 is 34.5 Å². The van der Waals surface area contributed by atoms with Gasteiger partial charge in [0.25, 0.3) is 11.5 Å². The fraction of sp³-hybridized carbons (Fsp3) is 0.364. The second-order valence-electron chi connectivity index (χ2n) is 7.63. The summed E-state index contributed by atoms with van der Waals surface area (Å²) in [5.41, 5.74) is 1.30. The molecule has 0 aliphatic heterocycles. The number of anilines is 1. The van der Waals surface area contributed by atoms with Gasteiger partial charge < -0.3 is 10.1 Å². The molecule has 2 heterocycles. The molecule has 4 rings (SSSR count). The molecule has 1 amide bonds. The van der Waals surface area contributed by atoms with Crippen LogP contribution in [0.3, 0.4) is 0 Å². The highest BCUT2D eigenvalue weighted by Crippen LogP contribution is 2.33. The molecular weight excluding hydrogens is 473 g/mol. The number of fused-ring (bicyclic) bond motifs is 3. The number of halogens is 2. The Balaban J connectivity index is 1.38. The third kappa shape index (κ3) is 4.82. The molecule has 3 aromatic rings. The smallest absolute Gasteiger partial charge is 0.308 e. The van der Waals surface area contributed by atoms with Gasteiger partial charge in [-0.05, 0) is 56.4 Å². The number of hydrogen-bond donors (Lipinski definition) is 1. The van der Waals surface area contributed by atoms with Crippen molar-refractivity contribution in [3.63, 3.8) is 0 Å². The zero-order valence-electron chi connectivity index (χ0n) is 17.3. The predicted octanol–water partition coefficient (Wildman–Crippen LogP) is 4.60. The Bertz CT molecular complexity index is 1250. The first-order valence-electron chi connectivity index (χ1n) is 10.3. The summed E-state index contributed by atoms with van der Waals surface area (Å²) in [6.45, 7) is 1.59. The molecule has 0 spiro atoms.